The molecule has 2 aromatic carbocycles. The highest BCUT2D eigenvalue weighted by atomic mass is 16.5. The molecule has 32 heavy (non-hydrogen) atoms. The average molecular weight is 433 g/mol. The number of carbonyl (C=O) groups is 1. The van der Waals surface area contributed by atoms with Crippen molar-refractivity contribution in [2.24, 2.45) is 0 Å². The first kappa shape index (κ1) is 21.6. The average Bonchev–Trinajstić information content (AvgIpc) is 2.82. The molecule has 166 valence electrons. The minimum atomic E-state index is 0.0892. The van der Waals surface area contributed by atoms with E-state index in [2.05, 4.69) is 21.2 Å². The molecule has 0 saturated carbocycles. The van der Waals surface area contributed by atoms with Gasteiger partial charge in [0.2, 0.25) is 0 Å². The molecule has 0 aliphatic carbocycles. The lowest BCUT2D eigenvalue weighted by Crippen LogP contribution is -2.49. The van der Waals surface area contributed by atoms with Gasteiger partial charge in [0.15, 0.2) is 17.3 Å². The SMILES string of the molecule is COc1ccc(-c2ccc(N3CCN(C(=O)c4cc(C)cc(C)c4)CC3)nn2)cc1OC. The van der Waals surface area contributed by atoms with Gasteiger partial charge in [0.25, 0.3) is 5.91 Å². The largest absolute Gasteiger partial charge is 0.493 e. The molecule has 1 saturated heterocycles. The molecule has 1 amide bonds. The number of ether oxygens (including phenoxy) is 2. The number of carbonyl (C=O) groups excluding carboxylic acids is 1. The third-order valence-corrected chi connectivity index (χ3v) is 5.69. The van der Waals surface area contributed by atoms with E-state index in [0.29, 0.717) is 24.6 Å². The zero-order chi connectivity index (χ0) is 22.7. The van der Waals surface area contributed by atoms with Crippen molar-refractivity contribution in [1.29, 1.82) is 0 Å². The fourth-order valence-corrected chi connectivity index (χ4v) is 4.06. The molecule has 3 aromatic rings. The van der Waals surface area contributed by atoms with Crippen LogP contribution in [0.15, 0.2) is 48.5 Å². The summed E-state index contributed by atoms with van der Waals surface area (Å²) in [6.07, 6.45) is 0. The van der Waals surface area contributed by atoms with Crippen molar-refractivity contribution < 1.29 is 14.3 Å². The Morgan fingerprint density at radius 2 is 1.50 bits per heavy atom. The van der Waals surface area contributed by atoms with Crippen molar-refractivity contribution in [3.05, 3.63) is 65.2 Å². The van der Waals surface area contributed by atoms with Crippen LogP contribution in [-0.2, 0) is 0 Å². The van der Waals surface area contributed by atoms with Crippen molar-refractivity contribution >= 4 is 11.7 Å². The summed E-state index contributed by atoms with van der Waals surface area (Å²) in [7, 11) is 3.22. The fraction of sp³-hybridized carbons (Fsp3) is 0.320. The number of nitrogens with zero attached hydrogens (tertiary/aromatic N) is 4. The van der Waals surface area contributed by atoms with E-state index in [-0.39, 0.29) is 5.91 Å². The van der Waals surface area contributed by atoms with Crippen LogP contribution in [0.25, 0.3) is 11.3 Å². The van der Waals surface area contributed by atoms with Crippen LogP contribution < -0.4 is 14.4 Å². The summed E-state index contributed by atoms with van der Waals surface area (Å²) in [6.45, 7) is 6.80. The quantitative estimate of drug-likeness (QED) is 0.612. The predicted molar refractivity (Wildman–Crippen MR) is 125 cm³/mol. The first-order valence-corrected chi connectivity index (χ1v) is 10.7. The van der Waals surface area contributed by atoms with Crippen molar-refractivity contribution in [3.63, 3.8) is 0 Å². The normalized spacial score (nSPS) is 13.8. The smallest absolute Gasteiger partial charge is 0.253 e. The summed E-state index contributed by atoms with van der Waals surface area (Å²) < 4.78 is 10.7. The van der Waals surface area contributed by atoms with Crippen LogP contribution in [-0.4, -0.2) is 61.4 Å². The molecule has 7 nitrogen and oxygen atoms in total. The maximum Gasteiger partial charge on any atom is 0.253 e. The van der Waals surface area contributed by atoms with E-state index in [4.69, 9.17) is 9.47 Å². The lowest BCUT2D eigenvalue weighted by molar-refractivity contribution is 0.0746. The van der Waals surface area contributed by atoms with Gasteiger partial charge in [-0.15, -0.1) is 10.2 Å². The highest BCUT2D eigenvalue weighted by Crippen LogP contribution is 2.31. The van der Waals surface area contributed by atoms with Gasteiger partial charge in [0.05, 0.1) is 19.9 Å². The minimum Gasteiger partial charge on any atom is -0.493 e. The van der Waals surface area contributed by atoms with Gasteiger partial charge in [-0.3, -0.25) is 4.79 Å². The van der Waals surface area contributed by atoms with Crippen LogP contribution in [0.4, 0.5) is 5.82 Å². The van der Waals surface area contributed by atoms with E-state index >= 15 is 0 Å². The van der Waals surface area contributed by atoms with E-state index in [1.54, 1.807) is 14.2 Å². The Morgan fingerprint density at radius 1 is 0.812 bits per heavy atom. The molecule has 0 atom stereocenters. The molecule has 0 radical (unpaired) electrons. The third kappa shape index (κ3) is 4.51. The number of benzene rings is 2. The molecule has 7 heteroatoms. The van der Waals surface area contributed by atoms with Crippen molar-refractivity contribution in [2.45, 2.75) is 13.8 Å². The number of anilines is 1. The van der Waals surface area contributed by atoms with E-state index in [9.17, 15) is 4.79 Å². The van der Waals surface area contributed by atoms with E-state index in [0.717, 1.165) is 46.9 Å². The Bertz CT molecular complexity index is 1090. The molecular formula is C25H28N4O3. The van der Waals surface area contributed by atoms with Gasteiger partial charge in [0.1, 0.15) is 0 Å². The molecule has 1 aliphatic heterocycles. The first-order valence-electron chi connectivity index (χ1n) is 10.7. The Balaban J connectivity index is 1.41. The Hall–Kier alpha value is -3.61. The summed E-state index contributed by atoms with van der Waals surface area (Å²) in [5, 5.41) is 8.84. The molecular weight excluding hydrogens is 404 g/mol. The van der Waals surface area contributed by atoms with Crippen molar-refractivity contribution in [1.82, 2.24) is 15.1 Å². The highest BCUT2D eigenvalue weighted by Gasteiger charge is 2.23. The summed E-state index contributed by atoms with van der Waals surface area (Å²) >= 11 is 0. The third-order valence-electron chi connectivity index (χ3n) is 5.69. The molecule has 2 heterocycles. The van der Waals surface area contributed by atoms with Crippen LogP contribution in [0.5, 0.6) is 11.5 Å². The molecule has 4 rings (SSSR count). The van der Waals surface area contributed by atoms with Gasteiger partial charge in [-0.05, 0) is 56.3 Å². The van der Waals surface area contributed by atoms with Gasteiger partial charge < -0.3 is 19.3 Å². The number of amides is 1. The van der Waals surface area contributed by atoms with Crippen molar-refractivity contribution in [3.8, 4) is 22.8 Å². The van der Waals surface area contributed by atoms with Gasteiger partial charge in [-0.1, -0.05) is 17.2 Å². The zero-order valence-corrected chi connectivity index (χ0v) is 19.0. The first-order chi connectivity index (χ1) is 15.5. The molecule has 0 bridgehead atoms. The van der Waals surface area contributed by atoms with Gasteiger partial charge >= 0.3 is 0 Å². The molecule has 0 spiro atoms. The number of hydrogen-bond donors (Lipinski definition) is 0. The number of aryl methyl sites for hydroxylation is 2. The highest BCUT2D eigenvalue weighted by molar-refractivity contribution is 5.94. The second kappa shape index (κ2) is 9.26. The monoisotopic (exact) mass is 432 g/mol. The van der Waals surface area contributed by atoms with Crippen LogP contribution in [0.1, 0.15) is 21.5 Å². The Morgan fingerprint density at radius 3 is 2.09 bits per heavy atom. The van der Waals surface area contributed by atoms with Gasteiger partial charge in [-0.25, -0.2) is 0 Å². The van der Waals surface area contributed by atoms with Crippen molar-refractivity contribution in [2.75, 3.05) is 45.3 Å². The second-order valence-electron chi connectivity index (χ2n) is 8.00. The number of rotatable bonds is 5. The second-order valence-corrected chi connectivity index (χ2v) is 8.00. The maximum atomic E-state index is 12.9. The number of aromatic nitrogens is 2. The number of methoxy groups -OCH3 is 2. The summed E-state index contributed by atoms with van der Waals surface area (Å²) in [4.78, 5) is 17.0. The van der Waals surface area contributed by atoms with Gasteiger partial charge in [0, 0.05) is 37.3 Å². The van der Waals surface area contributed by atoms with E-state index in [1.165, 1.54) is 0 Å². The zero-order valence-electron chi connectivity index (χ0n) is 19.0. The van der Waals surface area contributed by atoms with Gasteiger partial charge in [-0.2, -0.15) is 0 Å². The summed E-state index contributed by atoms with van der Waals surface area (Å²) in [5.41, 5.74) is 4.65. The Labute approximate surface area is 188 Å². The lowest BCUT2D eigenvalue weighted by Gasteiger charge is -2.35. The standard InChI is InChI=1S/C25H28N4O3/c1-17-13-18(2)15-20(14-17)25(30)29-11-9-28(10-12-29)24-8-6-21(26-27-24)19-5-7-22(31-3)23(16-19)32-4/h5-8,13-16H,9-12H2,1-4H3. The molecule has 1 aliphatic rings. The van der Waals surface area contributed by atoms with Crippen LogP contribution in [0, 0.1) is 13.8 Å². The Kier molecular flexibility index (Phi) is 6.25. The van der Waals surface area contributed by atoms with E-state index in [1.807, 2.05) is 61.2 Å². The summed E-state index contributed by atoms with van der Waals surface area (Å²) in [6, 6.07) is 15.6. The fourth-order valence-electron chi connectivity index (χ4n) is 4.06. The van der Waals surface area contributed by atoms with Crippen LogP contribution in [0.2, 0.25) is 0 Å². The number of hydrogen-bond acceptors (Lipinski definition) is 6. The molecule has 1 fully saturated rings. The summed E-state index contributed by atoms with van der Waals surface area (Å²) in [5.74, 6) is 2.23. The van der Waals surface area contributed by atoms with Crippen LogP contribution >= 0.6 is 0 Å². The van der Waals surface area contributed by atoms with E-state index < -0.39 is 0 Å². The minimum absolute atomic E-state index is 0.0892. The topological polar surface area (TPSA) is 67.8 Å². The number of piperazine rings is 1. The lowest BCUT2D eigenvalue weighted by atomic mass is 10.1. The molecule has 0 N–H and O–H groups in total. The van der Waals surface area contributed by atoms with Crippen LogP contribution in [0.3, 0.4) is 0 Å². The maximum absolute atomic E-state index is 12.9. The molecule has 0 unspecified atom stereocenters. The predicted octanol–water partition coefficient (Wildman–Crippen LogP) is 3.74. The molecule has 1 aromatic heterocycles.